The van der Waals surface area contributed by atoms with Crippen LogP contribution in [0, 0.1) is 0 Å². The summed E-state index contributed by atoms with van der Waals surface area (Å²) in [4.78, 5) is 13.0. The summed E-state index contributed by atoms with van der Waals surface area (Å²) in [6.07, 6.45) is 0. The summed E-state index contributed by atoms with van der Waals surface area (Å²) in [5, 5.41) is 10.9. The number of carbonyl (C=O) groups excluding carboxylic acids is 1. The van der Waals surface area contributed by atoms with Crippen LogP contribution >= 0.6 is 0 Å². The molecule has 1 aliphatic rings. The van der Waals surface area contributed by atoms with Crippen LogP contribution in [0.3, 0.4) is 0 Å². The van der Waals surface area contributed by atoms with Crippen LogP contribution in [0.1, 0.15) is 10.4 Å². The van der Waals surface area contributed by atoms with E-state index in [1.165, 1.54) is 36.7 Å². The zero-order chi connectivity index (χ0) is 20.3. The number of carboxylic acid groups (broad SMARTS) is 1. The van der Waals surface area contributed by atoms with Gasteiger partial charge in [0.05, 0.1) is 20.2 Å². The number of aromatic carboxylic acids is 1. The summed E-state index contributed by atoms with van der Waals surface area (Å²) >= 11 is 0. The molecule has 9 heteroatoms. The van der Waals surface area contributed by atoms with E-state index in [1.54, 1.807) is 24.3 Å². The average Bonchev–Trinajstić information content (AvgIpc) is 2.73. The van der Waals surface area contributed by atoms with Crippen molar-refractivity contribution in [1.82, 2.24) is 4.31 Å². The summed E-state index contributed by atoms with van der Waals surface area (Å²) in [5.74, 6) is -0.476. The number of piperazine rings is 1. The molecule has 150 valence electrons. The Morgan fingerprint density at radius 2 is 1.61 bits per heavy atom. The third kappa shape index (κ3) is 3.90. The number of hydrogen-bond donors (Lipinski definition) is 0. The number of anilines is 1. The Bertz CT molecular complexity index is 951. The zero-order valence-corrected chi connectivity index (χ0v) is 16.4. The highest BCUT2D eigenvalue weighted by Gasteiger charge is 2.31. The van der Waals surface area contributed by atoms with Crippen molar-refractivity contribution in [1.29, 1.82) is 0 Å². The fourth-order valence-corrected chi connectivity index (χ4v) is 4.68. The van der Waals surface area contributed by atoms with Crippen LogP contribution < -0.4 is 19.5 Å². The van der Waals surface area contributed by atoms with Gasteiger partial charge >= 0.3 is 0 Å². The molecule has 0 amide bonds. The lowest BCUT2D eigenvalue weighted by atomic mass is 10.2. The molecule has 0 radical (unpaired) electrons. The van der Waals surface area contributed by atoms with Crippen molar-refractivity contribution in [2.45, 2.75) is 4.90 Å². The quantitative estimate of drug-likeness (QED) is 0.693. The molecular formula is C19H21N2O6S-. The molecule has 0 bridgehead atoms. The predicted molar refractivity (Wildman–Crippen MR) is 101 cm³/mol. The maximum atomic E-state index is 13.0. The van der Waals surface area contributed by atoms with Crippen LogP contribution in [-0.2, 0) is 10.0 Å². The van der Waals surface area contributed by atoms with E-state index in [9.17, 15) is 18.3 Å². The van der Waals surface area contributed by atoms with Crippen LogP contribution in [0.25, 0.3) is 0 Å². The molecule has 1 aliphatic heterocycles. The molecule has 1 saturated heterocycles. The normalized spacial score (nSPS) is 15.3. The van der Waals surface area contributed by atoms with Gasteiger partial charge < -0.3 is 24.3 Å². The molecule has 2 aromatic carbocycles. The monoisotopic (exact) mass is 405 g/mol. The van der Waals surface area contributed by atoms with Crippen LogP contribution in [0.4, 0.5) is 5.69 Å². The van der Waals surface area contributed by atoms with Crippen LogP contribution in [0.15, 0.2) is 47.4 Å². The molecule has 2 aromatic rings. The van der Waals surface area contributed by atoms with Gasteiger partial charge in [0.1, 0.15) is 16.4 Å². The molecule has 3 rings (SSSR count). The van der Waals surface area contributed by atoms with Gasteiger partial charge in [0.15, 0.2) is 0 Å². The van der Waals surface area contributed by atoms with Gasteiger partial charge in [-0.2, -0.15) is 4.31 Å². The maximum Gasteiger partial charge on any atom is 0.246 e. The van der Waals surface area contributed by atoms with Crippen LogP contribution in [-0.4, -0.2) is 59.1 Å². The van der Waals surface area contributed by atoms with Crippen molar-refractivity contribution < 1.29 is 27.8 Å². The minimum Gasteiger partial charge on any atom is -0.545 e. The Balaban J connectivity index is 1.74. The molecule has 8 nitrogen and oxygen atoms in total. The van der Waals surface area contributed by atoms with Gasteiger partial charge in [-0.05, 0) is 29.8 Å². The van der Waals surface area contributed by atoms with Gasteiger partial charge in [0.2, 0.25) is 10.0 Å². The minimum atomic E-state index is -3.71. The number of nitrogens with zero attached hydrogens (tertiary/aromatic N) is 2. The first kappa shape index (κ1) is 20.0. The maximum absolute atomic E-state index is 13.0. The summed E-state index contributed by atoms with van der Waals surface area (Å²) in [6.45, 7) is 1.59. The molecular weight excluding hydrogens is 384 g/mol. The number of rotatable bonds is 6. The van der Waals surface area contributed by atoms with E-state index in [-0.39, 0.29) is 16.2 Å². The minimum absolute atomic E-state index is 0.0996. The van der Waals surface area contributed by atoms with E-state index >= 15 is 0 Å². The molecule has 0 saturated carbocycles. The Morgan fingerprint density at radius 3 is 2.14 bits per heavy atom. The van der Waals surface area contributed by atoms with E-state index < -0.39 is 16.0 Å². The summed E-state index contributed by atoms with van der Waals surface area (Å²) in [7, 11) is -0.793. The SMILES string of the molecule is COc1ccc(S(=O)(=O)N2CCN(c3ccc(C(=O)[O-])cc3)CC2)c(OC)c1. The van der Waals surface area contributed by atoms with E-state index in [0.717, 1.165) is 5.69 Å². The van der Waals surface area contributed by atoms with Gasteiger partial charge in [-0.15, -0.1) is 0 Å². The first-order valence-electron chi connectivity index (χ1n) is 8.65. The molecule has 0 aliphatic carbocycles. The molecule has 0 unspecified atom stereocenters. The number of carboxylic acids is 1. The fraction of sp³-hybridized carbons (Fsp3) is 0.316. The van der Waals surface area contributed by atoms with Crippen LogP contribution in [0.5, 0.6) is 11.5 Å². The third-order valence-corrected chi connectivity index (χ3v) is 6.63. The van der Waals surface area contributed by atoms with Crippen LogP contribution in [0.2, 0.25) is 0 Å². The first-order chi connectivity index (χ1) is 13.4. The lowest BCUT2D eigenvalue weighted by molar-refractivity contribution is -0.255. The van der Waals surface area contributed by atoms with Gasteiger partial charge in [-0.1, -0.05) is 12.1 Å². The van der Waals surface area contributed by atoms with Crippen molar-refractivity contribution in [2.75, 3.05) is 45.3 Å². The lowest BCUT2D eigenvalue weighted by Gasteiger charge is -2.35. The first-order valence-corrected chi connectivity index (χ1v) is 10.1. The molecule has 1 heterocycles. The Hall–Kier alpha value is -2.78. The highest BCUT2D eigenvalue weighted by molar-refractivity contribution is 7.89. The second-order valence-electron chi connectivity index (χ2n) is 6.24. The van der Waals surface area contributed by atoms with Gasteiger partial charge in [0, 0.05) is 37.9 Å². The smallest absolute Gasteiger partial charge is 0.246 e. The lowest BCUT2D eigenvalue weighted by Crippen LogP contribution is -2.48. The molecule has 0 aromatic heterocycles. The second-order valence-corrected chi connectivity index (χ2v) is 8.15. The molecule has 0 atom stereocenters. The van der Waals surface area contributed by atoms with Gasteiger partial charge in [0.25, 0.3) is 0 Å². The molecule has 1 fully saturated rings. The topological polar surface area (TPSA) is 99.2 Å². The zero-order valence-electron chi connectivity index (χ0n) is 15.6. The molecule has 28 heavy (non-hydrogen) atoms. The number of sulfonamides is 1. The van der Waals surface area contributed by atoms with Crippen molar-refractivity contribution in [3.63, 3.8) is 0 Å². The highest BCUT2D eigenvalue weighted by Crippen LogP contribution is 2.31. The molecule has 0 spiro atoms. The fourth-order valence-electron chi connectivity index (χ4n) is 3.12. The Kier molecular flexibility index (Phi) is 5.76. The number of ether oxygens (including phenoxy) is 2. The van der Waals surface area contributed by atoms with E-state index in [2.05, 4.69) is 0 Å². The second kappa shape index (κ2) is 8.07. The number of carbonyl (C=O) groups is 1. The Labute approximate surface area is 164 Å². The average molecular weight is 405 g/mol. The largest absolute Gasteiger partial charge is 0.545 e. The van der Waals surface area contributed by atoms with Crippen molar-refractivity contribution in [2.24, 2.45) is 0 Å². The molecule has 0 N–H and O–H groups in total. The van der Waals surface area contributed by atoms with Crippen molar-refractivity contribution in [3.05, 3.63) is 48.0 Å². The van der Waals surface area contributed by atoms with Crippen molar-refractivity contribution >= 4 is 21.7 Å². The summed E-state index contributed by atoms with van der Waals surface area (Å²) in [6, 6.07) is 11.0. The predicted octanol–water partition coefficient (Wildman–Crippen LogP) is 0.578. The van der Waals surface area contributed by atoms with E-state index in [0.29, 0.717) is 31.9 Å². The number of methoxy groups -OCH3 is 2. The van der Waals surface area contributed by atoms with E-state index in [1.807, 2.05) is 4.90 Å². The number of benzene rings is 2. The van der Waals surface area contributed by atoms with Gasteiger partial charge in [-0.3, -0.25) is 0 Å². The Morgan fingerprint density at radius 1 is 0.964 bits per heavy atom. The highest BCUT2D eigenvalue weighted by atomic mass is 32.2. The third-order valence-electron chi connectivity index (χ3n) is 4.70. The summed E-state index contributed by atoms with van der Waals surface area (Å²) in [5.41, 5.74) is 0.945. The summed E-state index contributed by atoms with van der Waals surface area (Å²) < 4.78 is 37.9. The van der Waals surface area contributed by atoms with Crippen molar-refractivity contribution in [3.8, 4) is 11.5 Å². The van der Waals surface area contributed by atoms with E-state index in [4.69, 9.17) is 9.47 Å². The number of hydrogen-bond acceptors (Lipinski definition) is 7. The standard InChI is InChI=1S/C19H22N2O6S/c1-26-16-7-8-18(17(13-16)27-2)28(24,25)21-11-9-20(10-12-21)15-5-3-14(4-6-15)19(22)23/h3-8,13H,9-12H2,1-2H3,(H,22,23)/p-1. The van der Waals surface area contributed by atoms with Gasteiger partial charge in [-0.25, -0.2) is 8.42 Å².